The van der Waals surface area contributed by atoms with Crippen molar-refractivity contribution in [3.05, 3.63) is 150 Å². The summed E-state index contributed by atoms with van der Waals surface area (Å²) >= 11 is 0. The van der Waals surface area contributed by atoms with Crippen LogP contribution in [0.25, 0.3) is 49.4 Å². The van der Waals surface area contributed by atoms with Crippen molar-refractivity contribution in [2.24, 2.45) is 0 Å². The van der Waals surface area contributed by atoms with Crippen LogP contribution in [0.3, 0.4) is 0 Å². The van der Waals surface area contributed by atoms with Gasteiger partial charge in [0.05, 0.1) is 11.0 Å². The Morgan fingerprint density at radius 3 is 2.00 bits per heavy atom. The third-order valence-electron chi connectivity index (χ3n) is 7.82. The van der Waals surface area contributed by atoms with Crippen molar-refractivity contribution in [1.29, 1.82) is 0 Å². The van der Waals surface area contributed by atoms with Crippen LogP contribution in [0.5, 0.6) is 0 Å². The Morgan fingerprint density at radius 2 is 1.14 bits per heavy atom. The Balaban J connectivity index is 1.46. The minimum Gasteiger partial charge on any atom is -0.309 e. The van der Waals surface area contributed by atoms with Gasteiger partial charge in [0, 0.05) is 22.4 Å². The first kappa shape index (κ1) is 19.7. The number of para-hydroxylation sites is 2. The van der Waals surface area contributed by atoms with Crippen LogP contribution in [-0.4, -0.2) is 4.57 Å². The summed E-state index contributed by atoms with van der Waals surface area (Å²) in [6, 6.07) is 48.9. The van der Waals surface area contributed by atoms with Crippen LogP contribution in [0.2, 0.25) is 0 Å². The number of hydrogen-bond donors (Lipinski definition) is 0. The molecule has 0 fully saturated rings. The molecule has 1 aromatic heterocycles. The molecule has 1 heteroatoms. The molecule has 0 saturated heterocycles. The second-order valence-corrected chi connectivity index (χ2v) is 9.78. The number of hydrogen-bond acceptors (Lipinski definition) is 0. The maximum absolute atomic E-state index is 2.44. The second kappa shape index (κ2) is 7.44. The molecule has 1 nitrogen and oxygen atoms in total. The maximum atomic E-state index is 2.44. The first-order valence-electron chi connectivity index (χ1n) is 12.6. The van der Waals surface area contributed by atoms with Gasteiger partial charge in [-0.25, -0.2) is 0 Å². The molecule has 0 N–H and O–H groups in total. The summed E-state index contributed by atoms with van der Waals surface area (Å²) < 4.78 is 2.40. The van der Waals surface area contributed by atoms with E-state index in [9.17, 15) is 0 Å². The summed E-state index contributed by atoms with van der Waals surface area (Å²) in [5, 5.41) is 5.17. The number of nitrogens with zero attached hydrogens (tertiary/aromatic N) is 1. The van der Waals surface area contributed by atoms with Gasteiger partial charge < -0.3 is 4.57 Å². The van der Waals surface area contributed by atoms with Crippen LogP contribution in [0.1, 0.15) is 22.6 Å². The molecule has 0 spiro atoms. The monoisotopic (exact) mass is 457 g/mol. The van der Waals surface area contributed by atoms with Crippen LogP contribution in [0, 0.1) is 0 Å². The molecule has 8 rings (SSSR count). The van der Waals surface area contributed by atoms with Crippen molar-refractivity contribution >= 4 is 32.6 Å². The Kier molecular flexibility index (Phi) is 4.06. The van der Waals surface area contributed by atoms with Crippen molar-refractivity contribution in [3.8, 4) is 16.8 Å². The van der Waals surface area contributed by atoms with Crippen molar-refractivity contribution in [2.45, 2.75) is 5.92 Å². The first-order valence-corrected chi connectivity index (χ1v) is 12.6. The fourth-order valence-corrected chi connectivity index (χ4v) is 6.28. The van der Waals surface area contributed by atoms with Crippen molar-refractivity contribution < 1.29 is 0 Å². The standard InChI is InChI=1S/C35H23N/c1-3-11-23(12-4-1)35-29-17-8-7-15-27(29)30-19-25-22-34-31(20-24(25)21-32(30)35)28-16-9-10-18-33(28)36(34)26-13-5-2-6-14-26/h1-22,35H. The SMILES string of the molecule is c1ccc(C2c3ccccc3-c3cc4cc5c(cc4cc32)c2ccccc2n5-c2ccccc2)cc1. The summed E-state index contributed by atoms with van der Waals surface area (Å²) in [6.07, 6.45) is 0. The lowest BCUT2D eigenvalue weighted by atomic mass is 9.88. The summed E-state index contributed by atoms with van der Waals surface area (Å²) in [4.78, 5) is 0. The second-order valence-electron chi connectivity index (χ2n) is 9.78. The van der Waals surface area contributed by atoms with Crippen LogP contribution in [-0.2, 0) is 0 Å². The highest BCUT2D eigenvalue weighted by molar-refractivity contribution is 6.14. The zero-order valence-electron chi connectivity index (χ0n) is 19.7. The summed E-state index contributed by atoms with van der Waals surface area (Å²) in [5.41, 5.74) is 10.6. The average molecular weight is 458 g/mol. The van der Waals surface area contributed by atoms with Crippen molar-refractivity contribution in [3.63, 3.8) is 0 Å². The third kappa shape index (κ3) is 2.71. The molecule has 0 aliphatic heterocycles. The van der Waals surface area contributed by atoms with Crippen molar-refractivity contribution in [2.75, 3.05) is 0 Å². The summed E-state index contributed by atoms with van der Waals surface area (Å²) in [5.74, 6) is 0.267. The molecule has 168 valence electrons. The number of benzene rings is 6. The van der Waals surface area contributed by atoms with E-state index in [2.05, 4.69) is 138 Å². The van der Waals surface area contributed by atoms with Gasteiger partial charge in [0.25, 0.3) is 0 Å². The first-order chi connectivity index (χ1) is 17.9. The van der Waals surface area contributed by atoms with E-state index in [1.807, 2.05) is 0 Å². The topological polar surface area (TPSA) is 4.93 Å². The van der Waals surface area contributed by atoms with E-state index < -0.39 is 0 Å². The molecular formula is C35H23N. The van der Waals surface area contributed by atoms with E-state index in [0.717, 1.165) is 0 Å². The van der Waals surface area contributed by atoms with Gasteiger partial charge >= 0.3 is 0 Å². The van der Waals surface area contributed by atoms with Gasteiger partial charge in [-0.05, 0) is 81.1 Å². The molecule has 0 bridgehead atoms. The molecule has 1 aliphatic carbocycles. The Morgan fingerprint density at radius 1 is 0.444 bits per heavy atom. The van der Waals surface area contributed by atoms with E-state index in [4.69, 9.17) is 0 Å². The van der Waals surface area contributed by atoms with Crippen LogP contribution in [0.4, 0.5) is 0 Å². The summed E-state index contributed by atoms with van der Waals surface area (Å²) in [6.45, 7) is 0. The normalized spacial score (nSPS) is 14.4. The highest BCUT2D eigenvalue weighted by atomic mass is 15.0. The molecule has 0 radical (unpaired) electrons. The maximum Gasteiger partial charge on any atom is 0.0547 e. The molecule has 6 aromatic carbocycles. The highest BCUT2D eigenvalue weighted by Gasteiger charge is 2.30. The number of aromatic nitrogens is 1. The lowest BCUT2D eigenvalue weighted by molar-refractivity contribution is 1.02. The smallest absolute Gasteiger partial charge is 0.0547 e. The molecule has 1 aliphatic rings. The predicted molar refractivity (Wildman–Crippen MR) is 151 cm³/mol. The lowest BCUT2D eigenvalue weighted by Gasteiger charge is -2.15. The van der Waals surface area contributed by atoms with Gasteiger partial charge in [-0.3, -0.25) is 0 Å². The fourth-order valence-electron chi connectivity index (χ4n) is 6.28. The van der Waals surface area contributed by atoms with E-state index in [1.165, 1.54) is 66.1 Å². The zero-order valence-corrected chi connectivity index (χ0v) is 19.7. The largest absolute Gasteiger partial charge is 0.309 e. The molecule has 7 aromatic rings. The van der Waals surface area contributed by atoms with Gasteiger partial charge in [-0.2, -0.15) is 0 Å². The van der Waals surface area contributed by atoms with Gasteiger partial charge in [-0.1, -0.05) is 91.0 Å². The average Bonchev–Trinajstić information content (AvgIpc) is 3.43. The molecule has 0 amide bonds. The zero-order chi connectivity index (χ0) is 23.6. The molecule has 1 unspecified atom stereocenters. The van der Waals surface area contributed by atoms with E-state index in [1.54, 1.807) is 0 Å². The molecule has 1 heterocycles. The third-order valence-corrected chi connectivity index (χ3v) is 7.82. The lowest BCUT2D eigenvalue weighted by Crippen LogP contribution is -1.98. The van der Waals surface area contributed by atoms with Crippen molar-refractivity contribution in [1.82, 2.24) is 4.57 Å². The van der Waals surface area contributed by atoms with Crippen LogP contribution < -0.4 is 0 Å². The number of fused-ring (bicyclic) bond motifs is 7. The minimum atomic E-state index is 0.267. The highest BCUT2D eigenvalue weighted by Crippen LogP contribution is 2.49. The van der Waals surface area contributed by atoms with E-state index in [-0.39, 0.29) is 5.92 Å². The van der Waals surface area contributed by atoms with E-state index in [0.29, 0.717) is 0 Å². The van der Waals surface area contributed by atoms with Gasteiger partial charge in [0.15, 0.2) is 0 Å². The Hall–Kier alpha value is -4.62. The molecule has 0 saturated carbocycles. The predicted octanol–water partition coefficient (Wildman–Crippen LogP) is 9.10. The van der Waals surface area contributed by atoms with E-state index >= 15 is 0 Å². The molecule has 36 heavy (non-hydrogen) atoms. The number of rotatable bonds is 2. The van der Waals surface area contributed by atoms with Gasteiger partial charge in [-0.15, -0.1) is 0 Å². The van der Waals surface area contributed by atoms with Gasteiger partial charge in [0.2, 0.25) is 0 Å². The fraction of sp³-hybridized carbons (Fsp3) is 0.0286. The minimum absolute atomic E-state index is 0.267. The van der Waals surface area contributed by atoms with Crippen LogP contribution in [0.15, 0.2) is 133 Å². The Bertz CT molecular complexity index is 1930. The molecular weight excluding hydrogens is 434 g/mol. The molecule has 1 atom stereocenters. The Labute approximate surface area is 209 Å². The van der Waals surface area contributed by atoms with Gasteiger partial charge in [0.1, 0.15) is 0 Å². The van der Waals surface area contributed by atoms with Crippen LogP contribution >= 0.6 is 0 Å². The quantitative estimate of drug-likeness (QED) is 0.244. The summed E-state index contributed by atoms with van der Waals surface area (Å²) in [7, 11) is 0.